The van der Waals surface area contributed by atoms with Gasteiger partial charge in [-0.25, -0.2) is 4.98 Å². The van der Waals surface area contributed by atoms with E-state index in [4.69, 9.17) is 5.73 Å². The minimum atomic E-state index is -0.461. The lowest BCUT2D eigenvalue weighted by molar-refractivity contribution is 0.473. The molecule has 0 radical (unpaired) electrons. The molecule has 0 saturated heterocycles. The highest BCUT2D eigenvalue weighted by molar-refractivity contribution is 5.78. The van der Waals surface area contributed by atoms with Crippen molar-refractivity contribution in [3.8, 4) is 5.75 Å². The van der Waals surface area contributed by atoms with Gasteiger partial charge in [-0.05, 0) is 38.8 Å². The molecule has 1 aliphatic carbocycles. The van der Waals surface area contributed by atoms with Crippen LogP contribution in [-0.4, -0.2) is 14.7 Å². The molecule has 0 atom stereocenters. The van der Waals surface area contributed by atoms with Crippen LogP contribution in [0.15, 0.2) is 18.2 Å². The number of phenols is 1. The maximum absolute atomic E-state index is 9.60. The molecule has 4 nitrogen and oxygen atoms in total. The lowest BCUT2D eigenvalue weighted by Crippen LogP contribution is -2.32. The molecule has 3 rings (SSSR count). The lowest BCUT2D eigenvalue weighted by atomic mass is 10.1. The Kier molecular flexibility index (Phi) is 2.01. The van der Waals surface area contributed by atoms with E-state index in [2.05, 4.69) is 9.55 Å². The highest BCUT2D eigenvalue weighted by Gasteiger charge is 2.32. The molecular weight excluding hydrogens is 214 g/mol. The monoisotopic (exact) mass is 231 g/mol. The lowest BCUT2D eigenvalue weighted by Gasteiger charge is -2.20. The summed E-state index contributed by atoms with van der Waals surface area (Å²) in [5.41, 5.74) is 7.61. The minimum Gasteiger partial charge on any atom is -0.508 e. The Bertz CT molecular complexity index is 576. The number of aromatic nitrogens is 2. The van der Waals surface area contributed by atoms with Gasteiger partial charge in [0.2, 0.25) is 0 Å². The van der Waals surface area contributed by atoms with Crippen molar-refractivity contribution in [2.24, 2.45) is 5.73 Å². The zero-order chi connectivity index (χ0) is 12.2. The van der Waals surface area contributed by atoms with E-state index >= 15 is 0 Å². The van der Waals surface area contributed by atoms with Crippen LogP contribution in [0.4, 0.5) is 0 Å². The molecule has 1 fully saturated rings. The molecule has 1 saturated carbocycles. The smallest absolute Gasteiger partial charge is 0.129 e. The van der Waals surface area contributed by atoms with Gasteiger partial charge < -0.3 is 15.4 Å². The quantitative estimate of drug-likeness (QED) is 0.833. The Balaban J connectivity index is 2.31. The van der Waals surface area contributed by atoms with Gasteiger partial charge in [0, 0.05) is 12.1 Å². The van der Waals surface area contributed by atoms with Crippen molar-refractivity contribution in [2.45, 2.75) is 38.3 Å². The number of phenolic OH excluding ortho intramolecular Hbond substituents is 1. The van der Waals surface area contributed by atoms with Crippen LogP contribution in [0.5, 0.6) is 5.75 Å². The van der Waals surface area contributed by atoms with Crippen molar-refractivity contribution >= 4 is 11.0 Å². The van der Waals surface area contributed by atoms with Gasteiger partial charge in [-0.1, -0.05) is 0 Å². The third-order valence-corrected chi connectivity index (χ3v) is 3.16. The molecular formula is C13H17N3O. The van der Waals surface area contributed by atoms with E-state index in [0.717, 1.165) is 16.9 Å². The second kappa shape index (κ2) is 3.23. The van der Waals surface area contributed by atoms with Gasteiger partial charge in [-0.2, -0.15) is 0 Å². The van der Waals surface area contributed by atoms with E-state index < -0.39 is 5.54 Å². The molecule has 0 spiro atoms. The van der Waals surface area contributed by atoms with Crippen LogP contribution in [0.25, 0.3) is 11.0 Å². The van der Waals surface area contributed by atoms with Gasteiger partial charge >= 0.3 is 0 Å². The van der Waals surface area contributed by atoms with Gasteiger partial charge in [-0.3, -0.25) is 0 Å². The number of nitrogens with zero attached hydrogens (tertiary/aromatic N) is 2. The summed E-state index contributed by atoms with van der Waals surface area (Å²) in [6, 6.07) is 5.79. The molecule has 17 heavy (non-hydrogen) atoms. The Morgan fingerprint density at radius 3 is 2.71 bits per heavy atom. The molecule has 90 valence electrons. The van der Waals surface area contributed by atoms with Crippen LogP contribution in [0.1, 0.15) is 38.6 Å². The average molecular weight is 231 g/mol. The summed E-state index contributed by atoms with van der Waals surface area (Å²) in [4.78, 5) is 4.61. The molecule has 1 aromatic carbocycles. The van der Waals surface area contributed by atoms with Crippen molar-refractivity contribution in [3.05, 3.63) is 24.0 Å². The molecule has 1 aromatic heterocycles. The second-order valence-electron chi connectivity index (χ2n) is 5.43. The number of fused-ring (bicyclic) bond motifs is 1. The van der Waals surface area contributed by atoms with E-state index in [0.29, 0.717) is 6.04 Å². The fraction of sp³-hybridized carbons (Fsp3) is 0.462. The molecule has 3 N–H and O–H groups in total. The summed E-state index contributed by atoms with van der Waals surface area (Å²) in [5, 5.41) is 9.60. The highest BCUT2D eigenvalue weighted by Crippen LogP contribution is 2.41. The summed E-state index contributed by atoms with van der Waals surface area (Å²) in [6.45, 7) is 3.93. The molecule has 1 heterocycles. The first-order chi connectivity index (χ1) is 7.97. The Morgan fingerprint density at radius 1 is 1.41 bits per heavy atom. The van der Waals surface area contributed by atoms with E-state index in [9.17, 15) is 5.11 Å². The Hall–Kier alpha value is -1.55. The largest absolute Gasteiger partial charge is 0.508 e. The summed E-state index contributed by atoms with van der Waals surface area (Å²) in [5.74, 6) is 1.18. The number of rotatable bonds is 2. The van der Waals surface area contributed by atoms with E-state index in [1.54, 1.807) is 12.1 Å². The zero-order valence-electron chi connectivity index (χ0n) is 10.1. The number of aromatic hydroxyl groups is 1. The molecule has 0 amide bonds. The van der Waals surface area contributed by atoms with Crippen molar-refractivity contribution in [1.82, 2.24) is 9.55 Å². The first-order valence-electron chi connectivity index (χ1n) is 5.97. The SMILES string of the molecule is CC(C)(N)c1nc2ccc(O)cc2n1C1CC1. The van der Waals surface area contributed by atoms with E-state index in [-0.39, 0.29) is 5.75 Å². The van der Waals surface area contributed by atoms with Gasteiger partial charge in [0.25, 0.3) is 0 Å². The predicted octanol–water partition coefficient (Wildman–Crippen LogP) is 2.27. The average Bonchev–Trinajstić information content (AvgIpc) is 2.98. The standard InChI is InChI=1S/C13H17N3O/c1-13(2,14)12-15-10-6-5-9(17)7-11(10)16(12)8-3-4-8/h5-8,17H,3-4,14H2,1-2H3. The van der Waals surface area contributed by atoms with Crippen LogP contribution in [0.3, 0.4) is 0 Å². The highest BCUT2D eigenvalue weighted by atomic mass is 16.3. The Morgan fingerprint density at radius 2 is 2.12 bits per heavy atom. The topological polar surface area (TPSA) is 64.1 Å². The number of imidazole rings is 1. The zero-order valence-corrected chi connectivity index (χ0v) is 10.1. The van der Waals surface area contributed by atoms with Gasteiger partial charge in [0.05, 0.1) is 16.6 Å². The minimum absolute atomic E-state index is 0.278. The van der Waals surface area contributed by atoms with Gasteiger partial charge in [0.1, 0.15) is 11.6 Å². The van der Waals surface area contributed by atoms with Crippen molar-refractivity contribution in [2.75, 3.05) is 0 Å². The Labute approximate surface area is 100 Å². The van der Waals surface area contributed by atoms with Gasteiger partial charge in [0.15, 0.2) is 0 Å². The van der Waals surface area contributed by atoms with Crippen LogP contribution in [0, 0.1) is 0 Å². The maximum Gasteiger partial charge on any atom is 0.129 e. The van der Waals surface area contributed by atoms with E-state index in [1.807, 2.05) is 19.9 Å². The number of hydrogen-bond donors (Lipinski definition) is 2. The van der Waals surface area contributed by atoms with Crippen molar-refractivity contribution in [1.29, 1.82) is 0 Å². The number of nitrogens with two attached hydrogens (primary N) is 1. The molecule has 2 aromatic rings. The van der Waals surface area contributed by atoms with Crippen LogP contribution in [0.2, 0.25) is 0 Å². The number of benzene rings is 1. The van der Waals surface area contributed by atoms with Crippen molar-refractivity contribution in [3.63, 3.8) is 0 Å². The van der Waals surface area contributed by atoms with Crippen LogP contribution >= 0.6 is 0 Å². The van der Waals surface area contributed by atoms with Crippen LogP contribution < -0.4 is 5.73 Å². The number of hydrogen-bond acceptors (Lipinski definition) is 3. The van der Waals surface area contributed by atoms with E-state index in [1.165, 1.54) is 12.8 Å². The molecule has 0 bridgehead atoms. The first kappa shape index (κ1) is 10.6. The predicted molar refractivity (Wildman–Crippen MR) is 66.9 cm³/mol. The first-order valence-corrected chi connectivity index (χ1v) is 5.97. The van der Waals surface area contributed by atoms with Gasteiger partial charge in [-0.15, -0.1) is 0 Å². The normalized spacial score (nSPS) is 16.6. The summed E-state index contributed by atoms with van der Waals surface area (Å²) < 4.78 is 2.19. The third kappa shape index (κ3) is 1.69. The summed E-state index contributed by atoms with van der Waals surface area (Å²) >= 11 is 0. The fourth-order valence-corrected chi connectivity index (χ4v) is 2.24. The fourth-order valence-electron chi connectivity index (χ4n) is 2.24. The molecule has 0 aliphatic heterocycles. The third-order valence-electron chi connectivity index (χ3n) is 3.16. The molecule has 4 heteroatoms. The second-order valence-corrected chi connectivity index (χ2v) is 5.43. The molecule has 1 aliphatic rings. The van der Waals surface area contributed by atoms with Crippen molar-refractivity contribution < 1.29 is 5.11 Å². The summed E-state index contributed by atoms with van der Waals surface area (Å²) in [7, 11) is 0. The maximum atomic E-state index is 9.60. The van der Waals surface area contributed by atoms with Crippen LogP contribution in [-0.2, 0) is 5.54 Å². The summed E-state index contributed by atoms with van der Waals surface area (Å²) in [6.07, 6.45) is 2.34. The molecule has 0 unspecified atom stereocenters.